The number of rotatable bonds is 5. The highest BCUT2D eigenvalue weighted by Crippen LogP contribution is 2.19. The van der Waals surface area contributed by atoms with Crippen LogP contribution in [-0.2, 0) is 14.8 Å². The minimum Gasteiger partial charge on any atom is -0.465 e. The van der Waals surface area contributed by atoms with Crippen LogP contribution in [0.5, 0.6) is 0 Å². The molecule has 0 spiro atoms. The smallest absolute Gasteiger partial charge is 0.337 e. The van der Waals surface area contributed by atoms with E-state index < -0.39 is 21.9 Å². The Morgan fingerprint density at radius 1 is 1.24 bits per heavy atom. The molecular weight excluding hydrogens is 296 g/mol. The summed E-state index contributed by atoms with van der Waals surface area (Å²) in [6, 6.07) is 3.65. The molecule has 0 atom stereocenters. The van der Waals surface area contributed by atoms with Crippen molar-refractivity contribution in [1.82, 2.24) is 4.90 Å². The molecule has 2 N–H and O–H groups in total. The average molecular weight is 314 g/mol. The van der Waals surface area contributed by atoms with Gasteiger partial charge in [-0.1, -0.05) is 0 Å². The highest BCUT2D eigenvalue weighted by atomic mass is 32.2. The van der Waals surface area contributed by atoms with Gasteiger partial charge in [0, 0.05) is 13.1 Å². The van der Waals surface area contributed by atoms with Crippen LogP contribution in [0, 0.1) is 0 Å². The Balaban J connectivity index is 3.46. The van der Waals surface area contributed by atoms with E-state index in [1.807, 2.05) is 0 Å². The van der Waals surface area contributed by atoms with E-state index in [1.165, 1.54) is 24.1 Å². The third-order valence-electron chi connectivity index (χ3n) is 2.99. The van der Waals surface area contributed by atoms with Crippen molar-refractivity contribution >= 4 is 21.9 Å². The van der Waals surface area contributed by atoms with Crippen molar-refractivity contribution in [2.24, 2.45) is 5.14 Å². The maximum Gasteiger partial charge on any atom is 0.337 e. The SMILES string of the molecule is CCN(CC)C(=O)c1ccc(C(=O)OC)cc1S(N)(=O)=O. The fourth-order valence-corrected chi connectivity index (χ4v) is 2.61. The van der Waals surface area contributed by atoms with Crippen LogP contribution in [0.2, 0.25) is 0 Å². The van der Waals surface area contributed by atoms with Gasteiger partial charge in [-0.25, -0.2) is 18.4 Å². The molecule has 21 heavy (non-hydrogen) atoms. The summed E-state index contributed by atoms with van der Waals surface area (Å²) in [6.07, 6.45) is 0. The van der Waals surface area contributed by atoms with Gasteiger partial charge in [-0.2, -0.15) is 0 Å². The number of nitrogens with zero attached hydrogens (tertiary/aromatic N) is 1. The highest BCUT2D eigenvalue weighted by Gasteiger charge is 2.24. The number of ether oxygens (including phenoxy) is 1. The summed E-state index contributed by atoms with van der Waals surface area (Å²) >= 11 is 0. The lowest BCUT2D eigenvalue weighted by atomic mass is 10.1. The fraction of sp³-hybridized carbons (Fsp3) is 0.385. The van der Waals surface area contributed by atoms with Gasteiger partial charge in [0.15, 0.2) is 0 Å². The Hall–Kier alpha value is -1.93. The van der Waals surface area contributed by atoms with Gasteiger partial charge in [0.25, 0.3) is 5.91 Å². The van der Waals surface area contributed by atoms with Gasteiger partial charge in [0.2, 0.25) is 10.0 Å². The Bertz CT molecular complexity index is 651. The molecule has 0 bridgehead atoms. The van der Waals surface area contributed by atoms with Crippen LogP contribution in [0.3, 0.4) is 0 Å². The van der Waals surface area contributed by atoms with Crippen LogP contribution in [0.1, 0.15) is 34.6 Å². The lowest BCUT2D eigenvalue weighted by molar-refractivity contribution is 0.0599. The molecule has 0 aliphatic rings. The molecule has 8 heteroatoms. The standard InChI is InChI=1S/C13H18N2O5S/c1-4-15(5-2)12(16)10-7-6-9(13(17)20-3)8-11(10)21(14,18)19/h6-8H,4-5H2,1-3H3,(H2,14,18,19). The van der Waals surface area contributed by atoms with E-state index in [9.17, 15) is 18.0 Å². The number of nitrogens with two attached hydrogens (primary N) is 1. The predicted octanol–water partition coefficient (Wildman–Crippen LogP) is 0.603. The van der Waals surface area contributed by atoms with Gasteiger partial charge >= 0.3 is 5.97 Å². The lowest BCUT2D eigenvalue weighted by Crippen LogP contribution is -2.32. The number of sulfonamides is 1. The van der Waals surface area contributed by atoms with Crippen LogP contribution in [0.25, 0.3) is 0 Å². The first kappa shape index (κ1) is 17.1. The Morgan fingerprint density at radius 2 is 1.81 bits per heavy atom. The molecule has 0 fully saturated rings. The second kappa shape index (κ2) is 6.68. The zero-order chi connectivity index (χ0) is 16.2. The quantitative estimate of drug-likeness (QED) is 0.801. The topological polar surface area (TPSA) is 107 Å². The molecule has 1 aromatic rings. The largest absolute Gasteiger partial charge is 0.465 e. The Kier molecular flexibility index (Phi) is 5.45. The average Bonchev–Trinajstić information content (AvgIpc) is 2.46. The molecule has 0 heterocycles. The molecule has 0 unspecified atom stereocenters. The van der Waals surface area contributed by atoms with E-state index in [4.69, 9.17) is 5.14 Å². The van der Waals surface area contributed by atoms with E-state index in [0.717, 1.165) is 6.07 Å². The Labute approximate surface area is 123 Å². The molecule has 1 rings (SSSR count). The van der Waals surface area contributed by atoms with Crippen LogP contribution >= 0.6 is 0 Å². The van der Waals surface area contributed by atoms with Crippen molar-refractivity contribution in [2.75, 3.05) is 20.2 Å². The van der Waals surface area contributed by atoms with Gasteiger partial charge < -0.3 is 9.64 Å². The molecule has 0 aliphatic carbocycles. The third kappa shape index (κ3) is 3.79. The maximum atomic E-state index is 12.3. The molecule has 116 valence electrons. The summed E-state index contributed by atoms with van der Waals surface area (Å²) in [5.41, 5.74) is -0.0496. The van der Waals surface area contributed by atoms with E-state index in [0.29, 0.717) is 13.1 Å². The number of primary sulfonamides is 1. The van der Waals surface area contributed by atoms with Gasteiger partial charge in [-0.3, -0.25) is 4.79 Å². The molecule has 0 aliphatic heterocycles. The van der Waals surface area contributed by atoms with E-state index >= 15 is 0 Å². The molecule has 0 saturated heterocycles. The summed E-state index contributed by atoms with van der Waals surface area (Å²) in [5.74, 6) is -1.16. The monoisotopic (exact) mass is 314 g/mol. The Morgan fingerprint density at radius 3 is 2.24 bits per heavy atom. The molecule has 7 nitrogen and oxygen atoms in total. The van der Waals surface area contributed by atoms with Crippen molar-refractivity contribution in [3.05, 3.63) is 29.3 Å². The number of carbonyl (C=O) groups is 2. The molecule has 1 aromatic carbocycles. The number of methoxy groups -OCH3 is 1. The molecule has 1 amide bonds. The molecular formula is C13H18N2O5S. The van der Waals surface area contributed by atoms with Crippen LogP contribution in [0.4, 0.5) is 0 Å². The van der Waals surface area contributed by atoms with Gasteiger partial charge in [-0.05, 0) is 32.0 Å². The normalized spacial score (nSPS) is 11.0. The van der Waals surface area contributed by atoms with Crippen molar-refractivity contribution in [2.45, 2.75) is 18.7 Å². The number of hydrogen-bond acceptors (Lipinski definition) is 5. The number of amides is 1. The van der Waals surface area contributed by atoms with E-state index in [2.05, 4.69) is 4.74 Å². The van der Waals surface area contributed by atoms with Crippen LogP contribution in [0.15, 0.2) is 23.1 Å². The number of esters is 1. The minimum atomic E-state index is -4.15. The van der Waals surface area contributed by atoms with E-state index in [-0.39, 0.29) is 16.0 Å². The minimum absolute atomic E-state index is 0.0117. The van der Waals surface area contributed by atoms with E-state index in [1.54, 1.807) is 13.8 Å². The zero-order valence-electron chi connectivity index (χ0n) is 12.1. The third-order valence-corrected chi connectivity index (χ3v) is 3.94. The van der Waals surface area contributed by atoms with Crippen LogP contribution < -0.4 is 5.14 Å². The summed E-state index contributed by atoms with van der Waals surface area (Å²) < 4.78 is 27.9. The van der Waals surface area contributed by atoms with Crippen molar-refractivity contribution in [3.63, 3.8) is 0 Å². The predicted molar refractivity (Wildman–Crippen MR) is 76.4 cm³/mol. The second-order valence-corrected chi connectivity index (χ2v) is 5.75. The van der Waals surface area contributed by atoms with Gasteiger partial charge in [-0.15, -0.1) is 0 Å². The first-order chi connectivity index (χ1) is 9.76. The zero-order valence-corrected chi connectivity index (χ0v) is 12.9. The number of carbonyl (C=O) groups excluding carboxylic acids is 2. The summed E-state index contributed by atoms with van der Waals surface area (Å²) in [5, 5.41) is 5.14. The molecule has 0 aromatic heterocycles. The van der Waals surface area contributed by atoms with Gasteiger partial charge in [0.05, 0.1) is 23.1 Å². The molecule has 0 saturated carbocycles. The lowest BCUT2D eigenvalue weighted by Gasteiger charge is -2.20. The highest BCUT2D eigenvalue weighted by molar-refractivity contribution is 7.89. The number of hydrogen-bond donors (Lipinski definition) is 1. The summed E-state index contributed by atoms with van der Waals surface area (Å²) in [7, 11) is -2.97. The van der Waals surface area contributed by atoms with Crippen molar-refractivity contribution < 1.29 is 22.7 Å². The first-order valence-corrected chi connectivity index (χ1v) is 7.85. The fourth-order valence-electron chi connectivity index (χ4n) is 1.86. The summed E-state index contributed by atoms with van der Waals surface area (Å²) in [4.78, 5) is 24.9. The second-order valence-electron chi connectivity index (χ2n) is 4.22. The maximum absolute atomic E-state index is 12.3. The summed E-state index contributed by atoms with van der Waals surface area (Å²) in [6.45, 7) is 4.41. The van der Waals surface area contributed by atoms with Crippen LogP contribution in [-0.4, -0.2) is 45.4 Å². The van der Waals surface area contributed by atoms with Gasteiger partial charge in [0.1, 0.15) is 0 Å². The van der Waals surface area contributed by atoms with Crippen molar-refractivity contribution in [1.29, 1.82) is 0 Å². The van der Waals surface area contributed by atoms with Crippen molar-refractivity contribution in [3.8, 4) is 0 Å². The number of benzene rings is 1. The first-order valence-electron chi connectivity index (χ1n) is 6.30. The molecule has 0 radical (unpaired) electrons.